The summed E-state index contributed by atoms with van der Waals surface area (Å²) in [6.45, 7) is 0.556. The number of Topliss-reactive ketones (excluding diaryl/α,β-unsaturated/α-hetero) is 1. The predicted molar refractivity (Wildman–Crippen MR) is 68.3 cm³/mol. The second-order valence-corrected chi connectivity index (χ2v) is 4.63. The topological polar surface area (TPSA) is 80.5 Å². The quantitative estimate of drug-likeness (QED) is 0.614. The van der Waals surface area contributed by atoms with E-state index in [1.54, 1.807) is 0 Å². The van der Waals surface area contributed by atoms with E-state index in [1.807, 2.05) is 0 Å². The van der Waals surface area contributed by atoms with Gasteiger partial charge in [0.15, 0.2) is 0 Å². The number of ketones is 1. The molecule has 2 rings (SSSR count). The zero-order valence-corrected chi connectivity index (χ0v) is 10.7. The molecule has 1 heterocycles. The Balaban J connectivity index is 2.33. The molecular weight excluding hydrogens is 272 g/mol. The van der Waals surface area contributed by atoms with Crippen molar-refractivity contribution in [3.63, 3.8) is 0 Å². The molecule has 1 aliphatic rings. The van der Waals surface area contributed by atoms with Crippen molar-refractivity contribution in [3.05, 3.63) is 38.9 Å². The van der Waals surface area contributed by atoms with Crippen LogP contribution in [0, 0.1) is 10.1 Å². The van der Waals surface area contributed by atoms with E-state index in [-0.39, 0.29) is 48.0 Å². The van der Waals surface area contributed by atoms with Crippen LogP contribution in [0.5, 0.6) is 0 Å². The fraction of sp³-hybridized carbons (Fsp3) is 0.333. The molecule has 0 saturated carbocycles. The number of rotatable bonds is 2. The van der Waals surface area contributed by atoms with Crippen molar-refractivity contribution in [2.45, 2.75) is 12.8 Å². The highest BCUT2D eigenvalue weighted by atomic mass is 35.5. The summed E-state index contributed by atoms with van der Waals surface area (Å²) in [4.78, 5) is 35.1. The Morgan fingerprint density at radius 3 is 2.53 bits per heavy atom. The molecule has 6 nitrogen and oxygen atoms in total. The fourth-order valence-electron chi connectivity index (χ4n) is 1.99. The lowest BCUT2D eigenvalue weighted by atomic mass is 10.1. The number of carbonyl (C=O) groups is 2. The normalized spacial score (nSPS) is 15.4. The summed E-state index contributed by atoms with van der Waals surface area (Å²) in [6, 6.07) is 4.11. The van der Waals surface area contributed by atoms with Crippen molar-refractivity contribution < 1.29 is 14.5 Å². The SMILES string of the molecule is O=C1CCN(C(=O)c2c(Cl)cccc2[N+](=O)[O-])CC1. The highest BCUT2D eigenvalue weighted by molar-refractivity contribution is 6.34. The molecule has 0 unspecified atom stereocenters. The summed E-state index contributed by atoms with van der Waals surface area (Å²) < 4.78 is 0. The molecule has 1 aliphatic heterocycles. The van der Waals surface area contributed by atoms with Crippen molar-refractivity contribution in [2.24, 2.45) is 0 Å². The van der Waals surface area contributed by atoms with Crippen molar-refractivity contribution in [3.8, 4) is 0 Å². The summed E-state index contributed by atoms with van der Waals surface area (Å²) in [5.41, 5.74) is -0.419. The molecule has 0 atom stereocenters. The maximum absolute atomic E-state index is 12.3. The number of carbonyl (C=O) groups excluding carboxylic acids is 2. The van der Waals surface area contributed by atoms with Crippen molar-refractivity contribution in [1.29, 1.82) is 0 Å². The van der Waals surface area contributed by atoms with Gasteiger partial charge in [-0.05, 0) is 6.07 Å². The van der Waals surface area contributed by atoms with Crippen LogP contribution >= 0.6 is 11.6 Å². The highest BCUT2D eigenvalue weighted by Crippen LogP contribution is 2.28. The summed E-state index contributed by atoms with van der Waals surface area (Å²) in [7, 11) is 0. The van der Waals surface area contributed by atoms with Crippen molar-refractivity contribution in [1.82, 2.24) is 4.90 Å². The first-order valence-corrected chi connectivity index (χ1v) is 6.12. The van der Waals surface area contributed by atoms with E-state index in [9.17, 15) is 19.7 Å². The molecule has 0 aromatic heterocycles. The average Bonchev–Trinajstić information content (AvgIpc) is 2.38. The molecule has 1 amide bonds. The lowest BCUT2D eigenvalue weighted by Crippen LogP contribution is -2.39. The van der Waals surface area contributed by atoms with Crippen LogP contribution in [0.25, 0.3) is 0 Å². The lowest BCUT2D eigenvalue weighted by molar-refractivity contribution is -0.385. The van der Waals surface area contributed by atoms with Crippen LogP contribution in [0.4, 0.5) is 5.69 Å². The van der Waals surface area contributed by atoms with Gasteiger partial charge in [-0.15, -0.1) is 0 Å². The molecule has 0 radical (unpaired) electrons. The standard InChI is InChI=1S/C12H11ClN2O4/c13-9-2-1-3-10(15(18)19)11(9)12(17)14-6-4-8(16)5-7-14/h1-3H,4-7H2. The first-order chi connectivity index (χ1) is 9.00. The zero-order chi connectivity index (χ0) is 14.0. The van der Waals surface area contributed by atoms with Crippen molar-refractivity contribution in [2.75, 3.05) is 13.1 Å². The summed E-state index contributed by atoms with van der Waals surface area (Å²) in [6.07, 6.45) is 0.563. The third-order valence-electron chi connectivity index (χ3n) is 3.01. The van der Waals surface area contributed by atoms with E-state index in [0.29, 0.717) is 0 Å². The molecule has 0 N–H and O–H groups in total. The Morgan fingerprint density at radius 2 is 1.95 bits per heavy atom. The number of halogens is 1. The maximum atomic E-state index is 12.3. The van der Waals surface area contributed by atoms with Crippen LogP contribution in [-0.2, 0) is 4.79 Å². The molecule has 0 aliphatic carbocycles. The Bertz CT molecular complexity index is 549. The van der Waals surface area contributed by atoms with E-state index in [4.69, 9.17) is 11.6 Å². The number of nitrogens with zero attached hydrogens (tertiary/aromatic N) is 2. The second-order valence-electron chi connectivity index (χ2n) is 4.22. The van der Waals surface area contributed by atoms with Crippen LogP contribution in [0.15, 0.2) is 18.2 Å². The number of likely N-dealkylation sites (tertiary alicyclic amines) is 1. The largest absolute Gasteiger partial charge is 0.337 e. The van der Waals surface area contributed by atoms with E-state index in [1.165, 1.54) is 23.1 Å². The molecule has 0 bridgehead atoms. The van der Waals surface area contributed by atoms with Crippen LogP contribution in [-0.4, -0.2) is 34.6 Å². The molecule has 1 aromatic rings. The predicted octanol–water partition coefficient (Wildman–Crippen LogP) is 2.05. The van der Waals surface area contributed by atoms with E-state index in [2.05, 4.69) is 0 Å². The van der Waals surface area contributed by atoms with Gasteiger partial charge >= 0.3 is 0 Å². The summed E-state index contributed by atoms with van der Waals surface area (Å²) in [5.74, 6) is -0.400. The van der Waals surface area contributed by atoms with Gasteiger partial charge in [-0.2, -0.15) is 0 Å². The van der Waals surface area contributed by atoms with E-state index >= 15 is 0 Å². The minimum Gasteiger partial charge on any atom is -0.337 e. The van der Waals surface area contributed by atoms with E-state index in [0.717, 1.165) is 0 Å². The number of piperidine rings is 1. The summed E-state index contributed by atoms with van der Waals surface area (Å²) in [5, 5.41) is 11.0. The van der Waals surface area contributed by atoms with Crippen molar-refractivity contribution >= 4 is 29.0 Å². The van der Waals surface area contributed by atoms with Gasteiger partial charge in [0.25, 0.3) is 11.6 Å². The molecule has 1 aromatic carbocycles. The van der Waals surface area contributed by atoms with Gasteiger partial charge in [-0.25, -0.2) is 0 Å². The molecule has 7 heteroatoms. The number of nitro groups is 1. The third-order valence-corrected chi connectivity index (χ3v) is 3.33. The molecule has 100 valence electrons. The van der Waals surface area contributed by atoms with Gasteiger partial charge in [0.1, 0.15) is 11.3 Å². The highest BCUT2D eigenvalue weighted by Gasteiger charge is 2.29. The average molecular weight is 283 g/mol. The van der Waals surface area contributed by atoms with Gasteiger partial charge < -0.3 is 4.90 Å². The first kappa shape index (κ1) is 13.5. The lowest BCUT2D eigenvalue weighted by Gasteiger charge is -2.26. The third kappa shape index (κ3) is 2.73. The van der Waals surface area contributed by atoms with Crippen LogP contribution in [0.1, 0.15) is 23.2 Å². The number of hydrogen-bond acceptors (Lipinski definition) is 4. The van der Waals surface area contributed by atoms with Crippen LogP contribution < -0.4 is 0 Å². The number of hydrogen-bond donors (Lipinski definition) is 0. The summed E-state index contributed by atoms with van der Waals surface area (Å²) >= 11 is 5.90. The molecule has 1 fully saturated rings. The second kappa shape index (κ2) is 5.36. The smallest absolute Gasteiger partial charge is 0.283 e. The minimum absolute atomic E-state index is 0.0519. The van der Waals surface area contributed by atoms with E-state index < -0.39 is 10.8 Å². The number of nitro benzene ring substituents is 1. The fourth-order valence-corrected chi connectivity index (χ4v) is 2.24. The first-order valence-electron chi connectivity index (χ1n) is 5.74. The molecule has 0 spiro atoms. The van der Waals surface area contributed by atoms with Gasteiger partial charge in [-0.3, -0.25) is 19.7 Å². The van der Waals surface area contributed by atoms with Gasteiger partial charge in [0, 0.05) is 32.0 Å². The Hall–Kier alpha value is -1.95. The van der Waals surface area contributed by atoms with Crippen LogP contribution in [0.3, 0.4) is 0 Å². The van der Waals surface area contributed by atoms with Gasteiger partial charge in [0.2, 0.25) is 0 Å². The molecule has 19 heavy (non-hydrogen) atoms. The zero-order valence-electron chi connectivity index (χ0n) is 9.97. The monoisotopic (exact) mass is 282 g/mol. The number of amides is 1. The number of benzene rings is 1. The Kier molecular flexibility index (Phi) is 3.80. The van der Waals surface area contributed by atoms with Gasteiger partial charge in [-0.1, -0.05) is 17.7 Å². The molecule has 1 saturated heterocycles. The maximum Gasteiger partial charge on any atom is 0.283 e. The molecular formula is C12H11ClN2O4. The van der Waals surface area contributed by atoms with Crippen LogP contribution in [0.2, 0.25) is 5.02 Å². The van der Waals surface area contributed by atoms with Gasteiger partial charge in [0.05, 0.1) is 9.95 Å². The Labute approximate surface area is 114 Å². The Morgan fingerprint density at radius 1 is 1.32 bits per heavy atom. The minimum atomic E-state index is -0.631.